The molecule has 0 saturated heterocycles. The van der Waals surface area contributed by atoms with Gasteiger partial charge in [-0.2, -0.15) is 0 Å². The third kappa shape index (κ3) is 16.6. The number of hydrogen-bond donors (Lipinski definition) is 5. The number of carbonyl (C=O) groups excluding carboxylic acids is 6. The zero-order chi connectivity index (χ0) is 39.1. The SMILES string of the molecule is CC[C@H](C)[C@H](NC(=O)OC(C)(C)C)C(=O)N[C@H](CC(C)C)C(=O)N[C@H](CC(C)C)C(=O)N[C@H](C(=O)N[C@H](Cc1ccccc1)C(=O)OC)C(C)C. The summed E-state index contributed by atoms with van der Waals surface area (Å²) in [5, 5.41) is 13.8. The van der Waals surface area contributed by atoms with Gasteiger partial charge in [-0.25, -0.2) is 9.59 Å². The highest BCUT2D eigenvalue weighted by Crippen LogP contribution is 2.15. The molecule has 1 aromatic rings. The number of hydrogen-bond acceptors (Lipinski definition) is 8. The highest BCUT2D eigenvalue weighted by molar-refractivity contribution is 5.96. The van der Waals surface area contributed by atoms with Crippen LogP contribution in [0.25, 0.3) is 0 Å². The average Bonchev–Trinajstić information content (AvgIpc) is 3.03. The van der Waals surface area contributed by atoms with E-state index >= 15 is 0 Å². The number of amides is 5. The molecular formula is C38H63N5O8. The van der Waals surface area contributed by atoms with Gasteiger partial charge in [-0.05, 0) is 62.8 Å². The van der Waals surface area contributed by atoms with Crippen molar-refractivity contribution in [3.05, 3.63) is 35.9 Å². The third-order valence-electron chi connectivity index (χ3n) is 8.18. The van der Waals surface area contributed by atoms with Crippen molar-refractivity contribution in [3.63, 3.8) is 0 Å². The molecule has 13 nitrogen and oxygen atoms in total. The quantitative estimate of drug-likeness (QED) is 0.133. The molecule has 0 saturated carbocycles. The second kappa shape index (κ2) is 21.3. The second-order valence-corrected chi connectivity index (χ2v) is 15.4. The molecule has 0 aliphatic heterocycles. The first-order valence-corrected chi connectivity index (χ1v) is 18.0. The molecule has 0 radical (unpaired) electrons. The Bertz CT molecular complexity index is 1290. The number of methoxy groups -OCH3 is 1. The Balaban J connectivity index is 3.23. The van der Waals surface area contributed by atoms with Crippen LogP contribution in [0.3, 0.4) is 0 Å². The molecule has 1 rings (SSSR count). The monoisotopic (exact) mass is 717 g/mol. The maximum Gasteiger partial charge on any atom is 0.408 e. The van der Waals surface area contributed by atoms with Crippen LogP contribution in [0.15, 0.2) is 30.3 Å². The van der Waals surface area contributed by atoms with Gasteiger partial charge < -0.3 is 36.1 Å². The van der Waals surface area contributed by atoms with E-state index in [1.54, 1.807) is 34.6 Å². The first kappa shape index (κ1) is 44.9. The lowest BCUT2D eigenvalue weighted by molar-refractivity contribution is -0.145. The minimum absolute atomic E-state index is 0.00745. The molecule has 0 aliphatic rings. The Kier molecular flexibility index (Phi) is 18.7. The van der Waals surface area contributed by atoms with E-state index in [0.29, 0.717) is 6.42 Å². The van der Waals surface area contributed by atoms with Gasteiger partial charge in [0.25, 0.3) is 0 Å². The summed E-state index contributed by atoms with van der Waals surface area (Å²) >= 11 is 0. The number of nitrogens with one attached hydrogen (secondary N) is 5. The Morgan fingerprint density at radius 2 is 1.12 bits per heavy atom. The minimum atomic E-state index is -1.04. The van der Waals surface area contributed by atoms with Gasteiger partial charge in [0, 0.05) is 6.42 Å². The van der Waals surface area contributed by atoms with Gasteiger partial charge in [-0.1, -0.05) is 92.1 Å². The molecule has 288 valence electrons. The predicted molar refractivity (Wildman–Crippen MR) is 196 cm³/mol. The van der Waals surface area contributed by atoms with Crippen LogP contribution in [0.2, 0.25) is 0 Å². The van der Waals surface area contributed by atoms with Crippen LogP contribution in [0.5, 0.6) is 0 Å². The van der Waals surface area contributed by atoms with E-state index in [2.05, 4.69) is 26.6 Å². The van der Waals surface area contributed by atoms with Crippen molar-refractivity contribution in [2.24, 2.45) is 23.7 Å². The van der Waals surface area contributed by atoms with E-state index in [-0.39, 0.29) is 42.9 Å². The van der Waals surface area contributed by atoms with Gasteiger partial charge in [0.15, 0.2) is 0 Å². The van der Waals surface area contributed by atoms with Gasteiger partial charge >= 0.3 is 12.1 Å². The molecule has 1 aromatic carbocycles. The molecule has 5 amide bonds. The summed E-state index contributed by atoms with van der Waals surface area (Å²) in [5.74, 6) is -3.57. The lowest BCUT2D eigenvalue weighted by Gasteiger charge is -2.30. The first-order chi connectivity index (χ1) is 23.7. The van der Waals surface area contributed by atoms with Crippen LogP contribution in [0.4, 0.5) is 4.79 Å². The molecule has 51 heavy (non-hydrogen) atoms. The minimum Gasteiger partial charge on any atom is -0.467 e. The maximum atomic E-state index is 13.8. The van der Waals surface area contributed by atoms with E-state index in [9.17, 15) is 28.8 Å². The zero-order valence-electron chi connectivity index (χ0n) is 32.7. The van der Waals surface area contributed by atoms with Gasteiger partial charge in [-0.15, -0.1) is 0 Å². The third-order valence-corrected chi connectivity index (χ3v) is 8.18. The van der Waals surface area contributed by atoms with E-state index < -0.39 is 71.5 Å². The number of benzene rings is 1. The fourth-order valence-electron chi connectivity index (χ4n) is 5.31. The highest BCUT2D eigenvalue weighted by Gasteiger charge is 2.35. The summed E-state index contributed by atoms with van der Waals surface area (Å²) in [5.41, 5.74) is 0.0461. The maximum absolute atomic E-state index is 13.8. The zero-order valence-corrected chi connectivity index (χ0v) is 32.7. The molecule has 0 fully saturated rings. The van der Waals surface area contributed by atoms with E-state index in [1.807, 2.05) is 71.9 Å². The van der Waals surface area contributed by atoms with E-state index in [4.69, 9.17) is 9.47 Å². The Morgan fingerprint density at radius 3 is 1.57 bits per heavy atom. The molecule has 0 aromatic heterocycles. The first-order valence-electron chi connectivity index (χ1n) is 18.0. The standard InChI is InChI=1S/C38H63N5O8/c1-13-25(8)31(43-37(49)51-38(9,10)11)35(47)40-27(19-22(2)3)32(44)39-28(20-23(4)5)33(45)42-30(24(6)7)34(46)41-29(36(48)50-12)21-26-17-15-14-16-18-26/h14-18,22-25,27-31H,13,19-21H2,1-12H3,(H,39,44)(H,40,47)(H,41,46)(H,42,45)(H,43,49)/t25-,27+,28+,29+,30-,31-/m0/s1. The smallest absolute Gasteiger partial charge is 0.408 e. The van der Waals surface area contributed by atoms with Crippen LogP contribution in [0, 0.1) is 23.7 Å². The molecule has 5 N–H and O–H groups in total. The molecule has 0 unspecified atom stereocenters. The summed E-state index contributed by atoms with van der Waals surface area (Å²) < 4.78 is 10.3. The highest BCUT2D eigenvalue weighted by atomic mass is 16.6. The van der Waals surface area contributed by atoms with Crippen LogP contribution >= 0.6 is 0 Å². The lowest BCUT2D eigenvalue weighted by atomic mass is 9.96. The van der Waals surface area contributed by atoms with Gasteiger partial charge in [0.1, 0.15) is 35.8 Å². The summed E-state index contributed by atoms with van der Waals surface area (Å²) in [4.78, 5) is 80.0. The molecule has 0 aliphatic carbocycles. The van der Waals surface area contributed by atoms with E-state index in [1.165, 1.54) is 7.11 Å². The lowest BCUT2D eigenvalue weighted by Crippen LogP contribution is -2.60. The van der Waals surface area contributed by atoms with Crippen molar-refractivity contribution in [2.45, 2.75) is 138 Å². The Labute approximate surface area is 304 Å². The average molecular weight is 718 g/mol. The van der Waals surface area contributed by atoms with Gasteiger partial charge in [-0.3, -0.25) is 19.2 Å². The number of ether oxygens (including phenoxy) is 2. The molecule has 13 heteroatoms. The molecule has 0 spiro atoms. The normalized spacial score (nSPS) is 15.1. The van der Waals surface area contributed by atoms with Gasteiger partial charge in [0.2, 0.25) is 23.6 Å². The summed E-state index contributed by atoms with van der Waals surface area (Å²) in [6.45, 7) is 20.0. The molecule has 6 atom stereocenters. The van der Waals surface area contributed by atoms with Crippen LogP contribution in [-0.4, -0.2) is 78.6 Å². The van der Waals surface area contributed by atoms with Crippen LogP contribution < -0.4 is 26.6 Å². The Hall–Kier alpha value is -4.16. The van der Waals surface area contributed by atoms with E-state index in [0.717, 1.165) is 5.56 Å². The fraction of sp³-hybridized carbons (Fsp3) is 0.684. The van der Waals surface area contributed by atoms with Crippen LogP contribution in [0.1, 0.15) is 101 Å². The van der Waals surface area contributed by atoms with Crippen molar-refractivity contribution in [2.75, 3.05) is 7.11 Å². The Morgan fingerprint density at radius 1 is 0.647 bits per heavy atom. The number of esters is 1. The number of carbonyl (C=O) groups is 6. The van der Waals surface area contributed by atoms with Crippen molar-refractivity contribution in [3.8, 4) is 0 Å². The van der Waals surface area contributed by atoms with Crippen molar-refractivity contribution in [1.29, 1.82) is 0 Å². The summed E-state index contributed by atoms with van der Waals surface area (Å²) in [6.07, 6.45) is 0.533. The molecule has 0 bridgehead atoms. The summed E-state index contributed by atoms with van der Waals surface area (Å²) in [6, 6.07) is 4.12. The predicted octanol–water partition coefficient (Wildman–Crippen LogP) is 4.03. The summed E-state index contributed by atoms with van der Waals surface area (Å²) in [7, 11) is 1.24. The van der Waals surface area contributed by atoms with Crippen molar-refractivity contribution < 1.29 is 38.2 Å². The molecular weight excluding hydrogens is 654 g/mol. The largest absolute Gasteiger partial charge is 0.467 e. The topological polar surface area (TPSA) is 181 Å². The van der Waals surface area contributed by atoms with Crippen molar-refractivity contribution in [1.82, 2.24) is 26.6 Å². The fourth-order valence-corrected chi connectivity index (χ4v) is 5.31. The van der Waals surface area contributed by atoms with Crippen molar-refractivity contribution >= 4 is 35.7 Å². The number of rotatable bonds is 19. The molecule has 0 heterocycles. The van der Waals surface area contributed by atoms with Gasteiger partial charge in [0.05, 0.1) is 7.11 Å². The number of alkyl carbamates (subject to hydrolysis) is 1. The second-order valence-electron chi connectivity index (χ2n) is 15.4. The van der Waals surface area contributed by atoms with Crippen LogP contribution in [-0.2, 0) is 39.9 Å².